The molecule has 0 aromatic rings. The molecular formula is C18H35NO3. The molecule has 1 N–H and O–H groups in total. The van der Waals surface area contributed by atoms with Gasteiger partial charge in [0.2, 0.25) is 5.91 Å². The van der Waals surface area contributed by atoms with Crippen molar-refractivity contribution in [1.29, 1.82) is 0 Å². The van der Waals surface area contributed by atoms with Crippen LogP contribution in [0.4, 0.5) is 0 Å². The van der Waals surface area contributed by atoms with Crippen molar-refractivity contribution in [1.82, 2.24) is 4.90 Å². The first-order valence-electron chi connectivity index (χ1n) is 9.03. The van der Waals surface area contributed by atoms with Crippen molar-refractivity contribution >= 4 is 11.9 Å². The molecule has 0 aromatic heterocycles. The molecule has 0 rings (SSSR count). The molecule has 0 heterocycles. The molecule has 0 saturated heterocycles. The van der Waals surface area contributed by atoms with Gasteiger partial charge in [0.25, 0.3) is 0 Å². The summed E-state index contributed by atoms with van der Waals surface area (Å²) in [4.78, 5) is 23.4. The van der Waals surface area contributed by atoms with Gasteiger partial charge < -0.3 is 10.0 Å². The summed E-state index contributed by atoms with van der Waals surface area (Å²) < 4.78 is 0. The highest BCUT2D eigenvalue weighted by atomic mass is 16.4. The number of hydrogen-bond donors (Lipinski definition) is 1. The van der Waals surface area contributed by atoms with E-state index >= 15 is 0 Å². The molecule has 130 valence electrons. The Bertz CT molecular complexity index is 292. The molecule has 0 aliphatic carbocycles. The van der Waals surface area contributed by atoms with Gasteiger partial charge in [0.05, 0.1) is 0 Å². The fourth-order valence-corrected chi connectivity index (χ4v) is 2.60. The van der Waals surface area contributed by atoms with Crippen LogP contribution >= 0.6 is 0 Å². The lowest BCUT2D eigenvalue weighted by atomic mass is 10.0. The minimum absolute atomic E-state index is 0.0607. The molecule has 0 saturated carbocycles. The van der Waals surface area contributed by atoms with E-state index in [-0.39, 0.29) is 12.5 Å². The van der Waals surface area contributed by atoms with E-state index in [9.17, 15) is 9.59 Å². The van der Waals surface area contributed by atoms with E-state index < -0.39 is 5.97 Å². The van der Waals surface area contributed by atoms with E-state index in [0.717, 1.165) is 12.8 Å². The highest BCUT2D eigenvalue weighted by Gasteiger charge is 2.10. The Morgan fingerprint density at radius 1 is 0.773 bits per heavy atom. The quantitative estimate of drug-likeness (QED) is 0.449. The van der Waals surface area contributed by atoms with Crippen molar-refractivity contribution < 1.29 is 14.7 Å². The number of carboxylic acids is 1. The van der Waals surface area contributed by atoms with Crippen molar-refractivity contribution in [3.05, 3.63) is 0 Å². The maximum absolute atomic E-state index is 11.6. The first-order valence-corrected chi connectivity index (χ1v) is 9.03. The lowest BCUT2D eigenvalue weighted by Gasteiger charge is -2.14. The van der Waals surface area contributed by atoms with Crippen LogP contribution in [0.1, 0.15) is 90.4 Å². The number of aliphatic carboxylic acids is 1. The van der Waals surface area contributed by atoms with Crippen molar-refractivity contribution in [2.45, 2.75) is 90.4 Å². The number of amides is 1. The Kier molecular flexibility index (Phi) is 14.1. The zero-order valence-electron chi connectivity index (χ0n) is 14.6. The van der Waals surface area contributed by atoms with E-state index in [4.69, 9.17) is 5.11 Å². The number of unbranched alkanes of at least 4 members (excludes halogenated alkanes) is 11. The van der Waals surface area contributed by atoms with E-state index in [2.05, 4.69) is 6.92 Å². The largest absolute Gasteiger partial charge is 0.480 e. The third-order valence-corrected chi connectivity index (χ3v) is 4.04. The SMILES string of the molecule is CCCCCCCCCCCCCCC(=O)N(C)CC(=O)O. The Labute approximate surface area is 136 Å². The molecule has 0 fully saturated rings. The molecule has 4 heteroatoms. The van der Waals surface area contributed by atoms with Crippen molar-refractivity contribution in [3.63, 3.8) is 0 Å². The lowest BCUT2D eigenvalue weighted by molar-refractivity contribution is -0.143. The normalized spacial score (nSPS) is 10.6. The van der Waals surface area contributed by atoms with E-state index in [1.54, 1.807) is 7.05 Å². The highest BCUT2D eigenvalue weighted by Crippen LogP contribution is 2.12. The molecule has 4 nitrogen and oxygen atoms in total. The summed E-state index contributed by atoms with van der Waals surface area (Å²) in [5.41, 5.74) is 0. The summed E-state index contributed by atoms with van der Waals surface area (Å²) in [6, 6.07) is 0. The summed E-state index contributed by atoms with van der Waals surface area (Å²) in [7, 11) is 1.55. The second-order valence-electron chi connectivity index (χ2n) is 6.28. The molecule has 0 bridgehead atoms. The van der Waals surface area contributed by atoms with Crippen molar-refractivity contribution in [2.24, 2.45) is 0 Å². The zero-order chi connectivity index (χ0) is 16.6. The minimum atomic E-state index is -0.953. The maximum Gasteiger partial charge on any atom is 0.323 e. The highest BCUT2D eigenvalue weighted by molar-refractivity contribution is 5.80. The number of rotatable bonds is 15. The van der Waals surface area contributed by atoms with Gasteiger partial charge in [-0.1, -0.05) is 77.6 Å². The number of carboxylic acid groups (broad SMARTS) is 1. The van der Waals surface area contributed by atoms with Crippen LogP contribution in [0.3, 0.4) is 0 Å². The Morgan fingerprint density at radius 3 is 1.59 bits per heavy atom. The van der Waals surface area contributed by atoms with Crippen molar-refractivity contribution in [3.8, 4) is 0 Å². The average molecular weight is 313 g/mol. The van der Waals surface area contributed by atoms with E-state index in [1.807, 2.05) is 0 Å². The second-order valence-corrected chi connectivity index (χ2v) is 6.28. The summed E-state index contributed by atoms with van der Waals surface area (Å²) in [6.07, 6.45) is 15.7. The van der Waals surface area contributed by atoms with Crippen LogP contribution in [-0.4, -0.2) is 35.5 Å². The van der Waals surface area contributed by atoms with Gasteiger partial charge in [0.15, 0.2) is 0 Å². The molecule has 0 radical (unpaired) electrons. The molecular weight excluding hydrogens is 278 g/mol. The summed E-state index contributed by atoms with van der Waals surface area (Å²) >= 11 is 0. The molecule has 0 unspecified atom stereocenters. The van der Waals surface area contributed by atoms with Gasteiger partial charge in [0, 0.05) is 13.5 Å². The maximum atomic E-state index is 11.6. The van der Waals surface area contributed by atoms with Crippen LogP contribution < -0.4 is 0 Å². The smallest absolute Gasteiger partial charge is 0.323 e. The standard InChI is InChI=1S/C18H35NO3/c1-3-4-5-6-7-8-9-10-11-12-13-14-15-17(20)19(2)16-18(21)22/h3-16H2,1-2H3,(H,21,22). The Balaban J connectivity index is 3.26. The van der Waals surface area contributed by atoms with Crippen LogP contribution in [0.5, 0.6) is 0 Å². The van der Waals surface area contributed by atoms with E-state index in [0.29, 0.717) is 6.42 Å². The molecule has 0 aliphatic heterocycles. The predicted octanol–water partition coefficient (Wildman–Crippen LogP) is 4.62. The van der Waals surface area contributed by atoms with Crippen LogP contribution in [0.25, 0.3) is 0 Å². The number of carbonyl (C=O) groups is 2. The Morgan fingerprint density at radius 2 is 1.18 bits per heavy atom. The predicted molar refractivity (Wildman–Crippen MR) is 91.0 cm³/mol. The first kappa shape index (κ1) is 20.9. The molecule has 0 atom stereocenters. The molecule has 0 aliphatic rings. The van der Waals surface area contributed by atoms with Crippen LogP contribution in [0.2, 0.25) is 0 Å². The number of carbonyl (C=O) groups excluding carboxylic acids is 1. The zero-order valence-corrected chi connectivity index (χ0v) is 14.6. The van der Waals surface area contributed by atoms with Crippen LogP contribution in [0.15, 0.2) is 0 Å². The Hall–Kier alpha value is -1.06. The summed E-state index contributed by atoms with van der Waals surface area (Å²) in [5.74, 6) is -1.01. The second kappa shape index (κ2) is 14.9. The molecule has 0 spiro atoms. The van der Waals surface area contributed by atoms with Gasteiger partial charge in [0.1, 0.15) is 6.54 Å². The summed E-state index contributed by atoms with van der Waals surface area (Å²) in [6.45, 7) is 2.05. The number of likely N-dealkylation sites (N-methyl/N-ethyl adjacent to an activating group) is 1. The van der Waals surface area contributed by atoms with Crippen LogP contribution in [0, 0.1) is 0 Å². The van der Waals surface area contributed by atoms with Crippen molar-refractivity contribution in [2.75, 3.05) is 13.6 Å². The van der Waals surface area contributed by atoms with Gasteiger partial charge in [-0.25, -0.2) is 0 Å². The van der Waals surface area contributed by atoms with Gasteiger partial charge in [-0.3, -0.25) is 9.59 Å². The topological polar surface area (TPSA) is 57.6 Å². The fraction of sp³-hybridized carbons (Fsp3) is 0.889. The van der Waals surface area contributed by atoms with Gasteiger partial charge in [-0.2, -0.15) is 0 Å². The van der Waals surface area contributed by atoms with Gasteiger partial charge in [-0.05, 0) is 6.42 Å². The fourth-order valence-electron chi connectivity index (χ4n) is 2.60. The molecule has 1 amide bonds. The first-order chi connectivity index (χ1) is 10.6. The molecule has 22 heavy (non-hydrogen) atoms. The monoisotopic (exact) mass is 313 g/mol. The number of nitrogens with zero attached hydrogens (tertiary/aromatic N) is 1. The summed E-state index contributed by atoms with van der Waals surface area (Å²) in [5, 5.41) is 8.61. The van der Waals surface area contributed by atoms with Gasteiger partial charge >= 0.3 is 5.97 Å². The minimum Gasteiger partial charge on any atom is -0.480 e. The third-order valence-electron chi connectivity index (χ3n) is 4.04. The third kappa shape index (κ3) is 13.9. The van der Waals surface area contributed by atoms with Gasteiger partial charge in [-0.15, -0.1) is 0 Å². The average Bonchev–Trinajstić information content (AvgIpc) is 2.47. The van der Waals surface area contributed by atoms with E-state index in [1.165, 1.54) is 69.1 Å². The molecule has 0 aromatic carbocycles. The number of hydrogen-bond acceptors (Lipinski definition) is 2. The van der Waals surface area contributed by atoms with Crippen LogP contribution in [-0.2, 0) is 9.59 Å². The lowest BCUT2D eigenvalue weighted by Crippen LogP contribution is -2.31.